The van der Waals surface area contributed by atoms with Gasteiger partial charge in [-0.05, 0) is 38.0 Å². The number of ether oxygens (including phenoxy) is 2. The van der Waals surface area contributed by atoms with E-state index in [1.165, 1.54) is 14.0 Å². The van der Waals surface area contributed by atoms with Gasteiger partial charge in [-0.25, -0.2) is 9.59 Å². The van der Waals surface area contributed by atoms with E-state index in [9.17, 15) is 14.4 Å². The van der Waals surface area contributed by atoms with Gasteiger partial charge in [0.25, 0.3) is 5.91 Å². The van der Waals surface area contributed by atoms with Crippen molar-refractivity contribution in [3.05, 3.63) is 50.8 Å². The Bertz CT molecular complexity index is 923. The molecule has 150 valence electrons. The van der Waals surface area contributed by atoms with Crippen molar-refractivity contribution in [1.82, 2.24) is 4.98 Å². The summed E-state index contributed by atoms with van der Waals surface area (Å²) in [6, 6.07) is 4.79. The highest BCUT2D eigenvalue weighted by Gasteiger charge is 2.27. The fourth-order valence-corrected chi connectivity index (χ4v) is 2.96. The standard InChI is InChI=1S/C19H20Cl2N2O5/c1-5-12-14(18(25)27-4)9(2)16(22-12)19(26)28-10(3)17(24)23-13-8-6-7-11(20)15(13)21/h6-8,10,22H,5H2,1-4H3,(H,23,24). The van der Waals surface area contributed by atoms with E-state index in [-0.39, 0.29) is 15.7 Å². The summed E-state index contributed by atoms with van der Waals surface area (Å²) in [6.07, 6.45) is -0.626. The minimum absolute atomic E-state index is 0.0951. The zero-order valence-corrected chi connectivity index (χ0v) is 17.3. The lowest BCUT2D eigenvalue weighted by molar-refractivity contribution is -0.123. The van der Waals surface area contributed by atoms with Crippen LogP contribution >= 0.6 is 23.2 Å². The second kappa shape index (κ2) is 9.12. The fraction of sp³-hybridized carbons (Fsp3) is 0.316. The van der Waals surface area contributed by atoms with Crippen molar-refractivity contribution in [3.63, 3.8) is 0 Å². The van der Waals surface area contributed by atoms with E-state index in [0.29, 0.717) is 28.9 Å². The third kappa shape index (κ3) is 4.48. The number of hydrogen-bond donors (Lipinski definition) is 2. The van der Waals surface area contributed by atoms with Crippen LogP contribution in [0.15, 0.2) is 18.2 Å². The van der Waals surface area contributed by atoms with Crippen molar-refractivity contribution in [1.29, 1.82) is 0 Å². The van der Waals surface area contributed by atoms with Crippen LogP contribution in [-0.4, -0.2) is 36.0 Å². The molecule has 1 aromatic carbocycles. The molecule has 9 heteroatoms. The van der Waals surface area contributed by atoms with E-state index in [1.807, 2.05) is 6.92 Å². The number of hydrogen-bond acceptors (Lipinski definition) is 5. The smallest absolute Gasteiger partial charge is 0.355 e. The molecule has 1 atom stereocenters. The Labute approximate surface area is 172 Å². The summed E-state index contributed by atoms with van der Waals surface area (Å²) >= 11 is 12.0. The lowest BCUT2D eigenvalue weighted by atomic mass is 10.1. The summed E-state index contributed by atoms with van der Waals surface area (Å²) in [6.45, 7) is 4.86. The second-order valence-electron chi connectivity index (χ2n) is 5.96. The maximum atomic E-state index is 12.5. The molecular weight excluding hydrogens is 407 g/mol. The van der Waals surface area contributed by atoms with Gasteiger partial charge < -0.3 is 19.8 Å². The number of benzene rings is 1. The number of aromatic amines is 1. The van der Waals surface area contributed by atoms with Gasteiger partial charge in [0.15, 0.2) is 6.10 Å². The monoisotopic (exact) mass is 426 g/mol. The molecule has 0 spiro atoms. The summed E-state index contributed by atoms with van der Waals surface area (Å²) in [5.41, 5.74) is 1.65. The van der Waals surface area contributed by atoms with Crippen LogP contribution in [0.5, 0.6) is 0 Å². The van der Waals surface area contributed by atoms with E-state index in [4.69, 9.17) is 32.7 Å². The number of carbonyl (C=O) groups excluding carboxylic acids is 3. The number of halogens is 2. The highest BCUT2D eigenvalue weighted by atomic mass is 35.5. The van der Waals surface area contributed by atoms with Gasteiger partial charge in [-0.15, -0.1) is 0 Å². The number of aryl methyl sites for hydroxylation is 1. The molecule has 7 nitrogen and oxygen atoms in total. The summed E-state index contributed by atoms with van der Waals surface area (Å²) in [7, 11) is 1.26. The van der Waals surface area contributed by atoms with Crippen molar-refractivity contribution in [2.24, 2.45) is 0 Å². The minimum Gasteiger partial charge on any atom is -0.465 e. The van der Waals surface area contributed by atoms with Gasteiger partial charge >= 0.3 is 11.9 Å². The molecule has 28 heavy (non-hydrogen) atoms. The molecule has 0 fully saturated rings. The van der Waals surface area contributed by atoms with Crippen molar-refractivity contribution < 1.29 is 23.9 Å². The lowest BCUT2D eigenvalue weighted by Gasteiger charge is -2.14. The first-order chi connectivity index (χ1) is 13.2. The molecular formula is C19H20Cl2N2O5. The van der Waals surface area contributed by atoms with E-state index in [2.05, 4.69) is 10.3 Å². The molecule has 0 aliphatic rings. The average Bonchev–Trinajstić information content (AvgIpc) is 3.01. The number of aromatic nitrogens is 1. The van der Waals surface area contributed by atoms with Gasteiger partial charge in [-0.2, -0.15) is 0 Å². The number of rotatable bonds is 6. The molecule has 1 amide bonds. The van der Waals surface area contributed by atoms with Crippen LogP contribution in [0.4, 0.5) is 5.69 Å². The number of esters is 2. The molecule has 2 N–H and O–H groups in total. The molecule has 0 aliphatic heterocycles. The summed E-state index contributed by atoms with van der Waals surface area (Å²) in [5.74, 6) is -1.89. The van der Waals surface area contributed by atoms with Crippen molar-refractivity contribution in [2.75, 3.05) is 12.4 Å². The highest BCUT2D eigenvalue weighted by molar-refractivity contribution is 6.44. The first-order valence-corrected chi connectivity index (χ1v) is 9.22. The Hall–Kier alpha value is -2.51. The largest absolute Gasteiger partial charge is 0.465 e. The second-order valence-corrected chi connectivity index (χ2v) is 6.75. The maximum Gasteiger partial charge on any atom is 0.355 e. The fourth-order valence-electron chi connectivity index (χ4n) is 2.61. The van der Waals surface area contributed by atoms with Gasteiger partial charge in [-0.1, -0.05) is 36.2 Å². The molecule has 2 rings (SSSR count). The first-order valence-electron chi connectivity index (χ1n) is 8.46. The Balaban J connectivity index is 2.16. The third-order valence-corrected chi connectivity index (χ3v) is 4.96. The lowest BCUT2D eigenvalue weighted by Crippen LogP contribution is -2.30. The van der Waals surface area contributed by atoms with Crippen LogP contribution in [0, 0.1) is 6.92 Å². The normalized spacial score (nSPS) is 11.6. The molecule has 1 heterocycles. The van der Waals surface area contributed by atoms with Crippen LogP contribution in [0.25, 0.3) is 0 Å². The van der Waals surface area contributed by atoms with E-state index in [0.717, 1.165) is 0 Å². The van der Waals surface area contributed by atoms with Crippen molar-refractivity contribution in [3.8, 4) is 0 Å². The summed E-state index contributed by atoms with van der Waals surface area (Å²) < 4.78 is 10.00. The molecule has 2 aromatic rings. The molecule has 0 saturated heterocycles. The number of anilines is 1. The zero-order valence-electron chi connectivity index (χ0n) is 15.8. The zero-order chi connectivity index (χ0) is 21.0. The van der Waals surface area contributed by atoms with Crippen molar-refractivity contribution >= 4 is 46.7 Å². The highest BCUT2D eigenvalue weighted by Crippen LogP contribution is 2.29. The number of amides is 1. The van der Waals surface area contributed by atoms with Crippen LogP contribution in [0.1, 0.15) is 46.0 Å². The third-order valence-electron chi connectivity index (χ3n) is 4.14. The van der Waals surface area contributed by atoms with Crippen LogP contribution in [0.3, 0.4) is 0 Å². The van der Waals surface area contributed by atoms with E-state index < -0.39 is 23.9 Å². The molecule has 0 bridgehead atoms. The van der Waals surface area contributed by atoms with E-state index >= 15 is 0 Å². The maximum absolute atomic E-state index is 12.5. The van der Waals surface area contributed by atoms with E-state index in [1.54, 1.807) is 25.1 Å². The predicted octanol–water partition coefficient (Wildman–Crippen LogP) is 4.16. The number of H-pyrrole nitrogens is 1. The molecule has 0 radical (unpaired) electrons. The van der Waals surface area contributed by atoms with Gasteiger partial charge in [0.2, 0.25) is 0 Å². The number of nitrogens with one attached hydrogen (secondary N) is 2. The van der Waals surface area contributed by atoms with Crippen LogP contribution < -0.4 is 5.32 Å². The van der Waals surface area contributed by atoms with Gasteiger partial charge in [-0.3, -0.25) is 4.79 Å². The average molecular weight is 427 g/mol. The Kier molecular flexibility index (Phi) is 7.10. The predicted molar refractivity (Wildman–Crippen MR) is 106 cm³/mol. The number of methoxy groups -OCH3 is 1. The van der Waals surface area contributed by atoms with Crippen LogP contribution in [-0.2, 0) is 20.7 Å². The molecule has 0 saturated carbocycles. The number of carbonyl (C=O) groups is 3. The molecule has 1 aromatic heterocycles. The summed E-state index contributed by atoms with van der Waals surface area (Å²) in [5, 5.41) is 3.03. The van der Waals surface area contributed by atoms with Gasteiger partial charge in [0.1, 0.15) is 5.69 Å². The minimum atomic E-state index is -1.11. The molecule has 1 unspecified atom stereocenters. The van der Waals surface area contributed by atoms with Gasteiger partial charge in [0.05, 0.1) is 28.4 Å². The Morgan fingerprint density at radius 1 is 1.21 bits per heavy atom. The van der Waals surface area contributed by atoms with Crippen molar-refractivity contribution in [2.45, 2.75) is 33.3 Å². The topological polar surface area (TPSA) is 97.5 Å². The SMILES string of the molecule is CCc1[nH]c(C(=O)OC(C)C(=O)Nc2cccc(Cl)c2Cl)c(C)c1C(=O)OC. The Morgan fingerprint density at radius 3 is 2.50 bits per heavy atom. The summed E-state index contributed by atoms with van der Waals surface area (Å²) in [4.78, 5) is 39.7. The Morgan fingerprint density at radius 2 is 1.89 bits per heavy atom. The quantitative estimate of drug-likeness (QED) is 0.675. The van der Waals surface area contributed by atoms with Gasteiger partial charge in [0, 0.05) is 5.69 Å². The van der Waals surface area contributed by atoms with Crippen LogP contribution in [0.2, 0.25) is 10.0 Å². The first kappa shape index (κ1) is 21.8. The molecule has 0 aliphatic carbocycles.